The molecule has 86 valence electrons. The van der Waals surface area contributed by atoms with E-state index in [1.807, 2.05) is 6.07 Å². The molecule has 0 aliphatic carbocycles. The number of oxazole rings is 1. The predicted molar refractivity (Wildman–Crippen MR) is 63.3 cm³/mol. The van der Waals surface area contributed by atoms with Crippen LogP contribution in [0.3, 0.4) is 0 Å². The minimum Gasteiger partial charge on any atom is -0.422 e. The average molecular weight is 219 g/mol. The van der Waals surface area contributed by atoms with E-state index < -0.39 is 0 Å². The van der Waals surface area contributed by atoms with Crippen molar-refractivity contribution >= 4 is 11.2 Å². The topological polar surface area (TPSA) is 64.9 Å². The molecule has 0 fully saturated rings. The number of hydrogen-bond donors (Lipinski definition) is 1. The van der Waals surface area contributed by atoms with E-state index in [-0.39, 0.29) is 5.41 Å². The maximum atomic E-state index is 5.61. The Hall–Kier alpha value is -1.42. The monoisotopic (exact) mass is 219 g/mol. The number of nitrogens with two attached hydrogens (primary N) is 1. The van der Waals surface area contributed by atoms with Crippen molar-refractivity contribution < 1.29 is 4.42 Å². The maximum Gasteiger partial charge on any atom is 0.246 e. The van der Waals surface area contributed by atoms with Crippen molar-refractivity contribution in [2.75, 3.05) is 6.54 Å². The molecule has 0 saturated heterocycles. The summed E-state index contributed by atoms with van der Waals surface area (Å²) < 4.78 is 5.61. The molecular weight excluding hydrogens is 202 g/mol. The lowest BCUT2D eigenvalue weighted by Crippen LogP contribution is -2.10. The van der Waals surface area contributed by atoms with Gasteiger partial charge >= 0.3 is 0 Å². The van der Waals surface area contributed by atoms with E-state index in [9.17, 15) is 0 Å². The highest BCUT2D eigenvalue weighted by molar-refractivity contribution is 5.68. The number of hydrogen-bond acceptors (Lipinski definition) is 4. The van der Waals surface area contributed by atoms with Gasteiger partial charge in [0.15, 0.2) is 0 Å². The van der Waals surface area contributed by atoms with Gasteiger partial charge < -0.3 is 10.2 Å². The van der Waals surface area contributed by atoms with Gasteiger partial charge in [-0.05, 0) is 24.6 Å². The van der Waals surface area contributed by atoms with Crippen molar-refractivity contribution in [3.63, 3.8) is 0 Å². The Morgan fingerprint density at radius 2 is 2.12 bits per heavy atom. The summed E-state index contributed by atoms with van der Waals surface area (Å²) in [6.45, 7) is 6.83. The molecular formula is C12H17N3O. The molecule has 0 radical (unpaired) electrons. The largest absolute Gasteiger partial charge is 0.422 e. The SMILES string of the molecule is CC(C)(C)c1nc2cc(CCN)cnc2o1. The van der Waals surface area contributed by atoms with Crippen molar-refractivity contribution in [3.05, 3.63) is 23.7 Å². The predicted octanol–water partition coefficient (Wildman–Crippen LogP) is 2.02. The summed E-state index contributed by atoms with van der Waals surface area (Å²) in [6.07, 6.45) is 2.62. The van der Waals surface area contributed by atoms with E-state index in [4.69, 9.17) is 10.2 Å². The van der Waals surface area contributed by atoms with Gasteiger partial charge in [0.1, 0.15) is 5.52 Å². The summed E-state index contributed by atoms with van der Waals surface area (Å²) in [5, 5.41) is 0. The molecule has 0 aliphatic rings. The van der Waals surface area contributed by atoms with Gasteiger partial charge in [-0.2, -0.15) is 0 Å². The molecule has 4 heteroatoms. The maximum absolute atomic E-state index is 5.61. The smallest absolute Gasteiger partial charge is 0.246 e. The van der Waals surface area contributed by atoms with Crippen LogP contribution in [0.2, 0.25) is 0 Å². The summed E-state index contributed by atoms with van der Waals surface area (Å²) >= 11 is 0. The molecule has 0 aromatic carbocycles. The second kappa shape index (κ2) is 3.87. The molecule has 0 saturated carbocycles. The quantitative estimate of drug-likeness (QED) is 0.839. The second-order valence-corrected chi connectivity index (χ2v) is 4.98. The molecule has 16 heavy (non-hydrogen) atoms. The molecule has 2 heterocycles. The molecule has 4 nitrogen and oxygen atoms in total. The standard InChI is InChI=1S/C12H17N3O/c1-12(2,3)11-15-9-6-8(4-5-13)7-14-10(9)16-11/h6-7H,4-5,13H2,1-3H3. The van der Waals surface area contributed by atoms with Crippen LogP contribution < -0.4 is 5.73 Å². The lowest BCUT2D eigenvalue weighted by atomic mass is 9.97. The lowest BCUT2D eigenvalue weighted by molar-refractivity contribution is 0.407. The summed E-state index contributed by atoms with van der Waals surface area (Å²) in [4.78, 5) is 8.71. The Balaban J connectivity index is 2.46. The van der Waals surface area contributed by atoms with Crippen LogP contribution in [0.25, 0.3) is 11.2 Å². The zero-order chi connectivity index (χ0) is 11.8. The molecule has 0 atom stereocenters. The van der Waals surface area contributed by atoms with Gasteiger partial charge in [-0.1, -0.05) is 20.8 Å². The number of fused-ring (bicyclic) bond motifs is 1. The third-order valence-corrected chi connectivity index (χ3v) is 2.38. The van der Waals surface area contributed by atoms with Crippen LogP contribution in [0.5, 0.6) is 0 Å². The number of rotatable bonds is 2. The van der Waals surface area contributed by atoms with E-state index in [0.29, 0.717) is 12.3 Å². The van der Waals surface area contributed by atoms with Gasteiger partial charge in [0, 0.05) is 11.6 Å². The van der Waals surface area contributed by atoms with Crippen molar-refractivity contribution in [1.29, 1.82) is 0 Å². The Kier molecular flexibility index (Phi) is 2.68. The molecule has 2 N–H and O–H groups in total. The van der Waals surface area contributed by atoms with Crippen LogP contribution in [-0.2, 0) is 11.8 Å². The Morgan fingerprint density at radius 1 is 1.38 bits per heavy atom. The molecule has 0 spiro atoms. The average Bonchev–Trinajstić information content (AvgIpc) is 2.60. The molecule has 2 aromatic heterocycles. The summed E-state index contributed by atoms with van der Waals surface area (Å²) in [6, 6.07) is 1.99. The number of nitrogens with zero attached hydrogens (tertiary/aromatic N) is 2. The molecule has 0 bridgehead atoms. The van der Waals surface area contributed by atoms with E-state index in [1.54, 1.807) is 6.20 Å². The van der Waals surface area contributed by atoms with Crippen LogP contribution in [0.4, 0.5) is 0 Å². The van der Waals surface area contributed by atoms with Crippen molar-refractivity contribution in [3.8, 4) is 0 Å². The molecule has 2 rings (SSSR count). The zero-order valence-corrected chi connectivity index (χ0v) is 9.95. The van der Waals surface area contributed by atoms with E-state index >= 15 is 0 Å². The van der Waals surface area contributed by atoms with Crippen LogP contribution in [0.1, 0.15) is 32.2 Å². The third kappa shape index (κ3) is 2.07. The van der Waals surface area contributed by atoms with Gasteiger partial charge in [0.2, 0.25) is 11.6 Å². The fraction of sp³-hybridized carbons (Fsp3) is 0.500. The summed E-state index contributed by atoms with van der Waals surface area (Å²) in [5.74, 6) is 0.722. The molecule has 0 amide bonds. The molecule has 0 unspecified atom stereocenters. The Labute approximate surface area is 94.9 Å². The molecule has 0 aliphatic heterocycles. The second-order valence-electron chi connectivity index (χ2n) is 4.98. The van der Waals surface area contributed by atoms with Gasteiger partial charge in [-0.25, -0.2) is 9.97 Å². The first-order valence-electron chi connectivity index (χ1n) is 5.47. The fourth-order valence-corrected chi connectivity index (χ4v) is 1.49. The fourth-order valence-electron chi connectivity index (χ4n) is 1.49. The van der Waals surface area contributed by atoms with E-state index in [1.165, 1.54) is 0 Å². The van der Waals surface area contributed by atoms with Crippen LogP contribution in [0, 0.1) is 0 Å². The molecule has 2 aromatic rings. The van der Waals surface area contributed by atoms with Gasteiger partial charge in [0.25, 0.3) is 0 Å². The highest BCUT2D eigenvalue weighted by atomic mass is 16.4. The van der Waals surface area contributed by atoms with Crippen molar-refractivity contribution in [2.24, 2.45) is 5.73 Å². The highest BCUT2D eigenvalue weighted by Crippen LogP contribution is 2.25. The Bertz CT molecular complexity index is 496. The first-order valence-corrected chi connectivity index (χ1v) is 5.47. The van der Waals surface area contributed by atoms with Crippen molar-refractivity contribution in [1.82, 2.24) is 9.97 Å². The highest BCUT2D eigenvalue weighted by Gasteiger charge is 2.21. The van der Waals surface area contributed by atoms with Gasteiger partial charge in [-0.3, -0.25) is 0 Å². The van der Waals surface area contributed by atoms with Crippen LogP contribution in [0.15, 0.2) is 16.7 Å². The zero-order valence-electron chi connectivity index (χ0n) is 9.95. The van der Waals surface area contributed by atoms with Crippen molar-refractivity contribution in [2.45, 2.75) is 32.6 Å². The van der Waals surface area contributed by atoms with Gasteiger partial charge in [0.05, 0.1) is 0 Å². The summed E-state index contributed by atoms with van der Waals surface area (Å²) in [5.41, 5.74) is 7.94. The first-order chi connectivity index (χ1) is 7.50. The van der Waals surface area contributed by atoms with E-state index in [2.05, 4.69) is 30.7 Å². The summed E-state index contributed by atoms with van der Waals surface area (Å²) in [7, 11) is 0. The first kappa shape index (κ1) is 11.1. The third-order valence-electron chi connectivity index (χ3n) is 2.38. The van der Waals surface area contributed by atoms with Crippen LogP contribution >= 0.6 is 0 Å². The number of pyridine rings is 1. The minimum atomic E-state index is -0.0886. The number of aromatic nitrogens is 2. The lowest BCUT2D eigenvalue weighted by Gasteiger charge is -2.11. The normalized spacial score (nSPS) is 12.2. The van der Waals surface area contributed by atoms with Gasteiger partial charge in [-0.15, -0.1) is 0 Å². The van der Waals surface area contributed by atoms with Crippen LogP contribution in [-0.4, -0.2) is 16.5 Å². The minimum absolute atomic E-state index is 0.0886. The van der Waals surface area contributed by atoms with E-state index in [0.717, 1.165) is 23.4 Å². The Morgan fingerprint density at radius 3 is 2.75 bits per heavy atom.